The van der Waals surface area contributed by atoms with Crippen LogP contribution in [0.4, 0.5) is 8.78 Å². The molecule has 3 aromatic rings. The van der Waals surface area contributed by atoms with E-state index in [2.05, 4.69) is 21.3 Å². The van der Waals surface area contributed by atoms with Crippen molar-refractivity contribution < 1.29 is 33.0 Å². The van der Waals surface area contributed by atoms with E-state index in [4.69, 9.17) is 4.74 Å². The van der Waals surface area contributed by atoms with Crippen LogP contribution in [-0.2, 0) is 33.8 Å². The minimum atomic E-state index is -0.996. The van der Waals surface area contributed by atoms with Gasteiger partial charge in [-0.2, -0.15) is 0 Å². The van der Waals surface area contributed by atoms with E-state index in [1.807, 2.05) is 12.1 Å². The number of nitrogens with one attached hydrogen (secondary N) is 4. The molecular weight excluding hydrogens is 584 g/mol. The molecule has 5 N–H and O–H groups in total. The minimum Gasteiger partial charge on any atom is -0.505 e. The van der Waals surface area contributed by atoms with Gasteiger partial charge in [0.05, 0.1) is 12.6 Å². The number of hydrogen-bond acceptors (Lipinski definition) is 6. The second kappa shape index (κ2) is 15.5. The normalized spacial score (nSPS) is 22.3. The van der Waals surface area contributed by atoms with Crippen molar-refractivity contribution in [3.05, 3.63) is 83.7 Å². The lowest BCUT2D eigenvalue weighted by atomic mass is 10.00. The van der Waals surface area contributed by atoms with Crippen molar-refractivity contribution in [3.8, 4) is 11.5 Å². The fraction of sp³-hybridized carbons (Fsp3) is 0.424. The van der Waals surface area contributed by atoms with Crippen molar-refractivity contribution in [2.24, 2.45) is 5.92 Å². The van der Waals surface area contributed by atoms with Gasteiger partial charge in [-0.05, 0) is 73.6 Å². The van der Waals surface area contributed by atoms with Crippen LogP contribution >= 0.6 is 0 Å². The molecule has 0 fully saturated rings. The molecule has 0 aliphatic carbocycles. The molecule has 0 saturated heterocycles. The Labute approximate surface area is 261 Å². The number of phenols is 1. The third-order valence-corrected chi connectivity index (χ3v) is 7.64. The van der Waals surface area contributed by atoms with Crippen LogP contribution in [0.5, 0.6) is 11.5 Å². The van der Waals surface area contributed by atoms with Crippen molar-refractivity contribution in [2.75, 3.05) is 13.2 Å². The molecular formula is C33H41F2N5O5. The number of aromatic hydroxyl groups is 1. The van der Waals surface area contributed by atoms with Gasteiger partial charge in [0.25, 0.3) is 0 Å². The quantitative estimate of drug-likeness (QED) is 0.296. The van der Waals surface area contributed by atoms with E-state index in [1.165, 1.54) is 18.2 Å². The Bertz CT molecular complexity index is 1470. The fourth-order valence-electron chi connectivity index (χ4n) is 5.21. The molecule has 1 aliphatic rings. The van der Waals surface area contributed by atoms with Crippen LogP contribution in [0.1, 0.15) is 38.3 Å². The number of carbonyl (C=O) groups excluding carboxylic acids is 3. The van der Waals surface area contributed by atoms with Crippen LogP contribution in [0.15, 0.2) is 60.9 Å². The van der Waals surface area contributed by atoms with E-state index < -0.39 is 59.3 Å². The van der Waals surface area contributed by atoms with E-state index in [1.54, 1.807) is 49.9 Å². The average molecular weight is 626 g/mol. The SMILES string of the molecule is CC(C)[C@H]1NC(=O)[C@@H](Cc2ccc(O)c(F)c2)N[C@@H](C)COc2c(F)cccc2CCCNC(=O)[C@H](Cn2cccc2)NC1=O. The Morgan fingerprint density at radius 2 is 1.71 bits per heavy atom. The van der Waals surface area contributed by atoms with Gasteiger partial charge in [0, 0.05) is 25.0 Å². The van der Waals surface area contributed by atoms with Crippen LogP contribution in [0.25, 0.3) is 0 Å². The predicted octanol–water partition coefficient (Wildman–Crippen LogP) is 2.83. The average Bonchev–Trinajstić information content (AvgIpc) is 3.51. The summed E-state index contributed by atoms with van der Waals surface area (Å²) in [6.45, 7) is 5.78. The van der Waals surface area contributed by atoms with Gasteiger partial charge < -0.3 is 30.4 Å². The lowest BCUT2D eigenvalue weighted by molar-refractivity contribution is -0.133. The first-order valence-electron chi connectivity index (χ1n) is 15.1. The first kappa shape index (κ1) is 33.4. The summed E-state index contributed by atoms with van der Waals surface area (Å²) < 4.78 is 36.7. The van der Waals surface area contributed by atoms with Gasteiger partial charge in [-0.1, -0.05) is 32.0 Å². The number of amides is 3. The summed E-state index contributed by atoms with van der Waals surface area (Å²) in [5.41, 5.74) is 1.06. The molecule has 4 atom stereocenters. The Kier molecular flexibility index (Phi) is 11.5. The Balaban J connectivity index is 1.65. The number of nitrogens with zero attached hydrogens (tertiary/aromatic N) is 1. The van der Waals surface area contributed by atoms with Crippen LogP contribution in [0.3, 0.4) is 0 Å². The van der Waals surface area contributed by atoms with Gasteiger partial charge in [-0.15, -0.1) is 0 Å². The van der Waals surface area contributed by atoms with Crippen molar-refractivity contribution in [2.45, 2.75) is 70.7 Å². The zero-order valence-corrected chi connectivity index (χ0v) is 25.7. The van der Waals surface area contributed by atoms with Crippen LogP contribution in [0.2, 0.25) is 0 Å². The Morgan fingerprint density at radius 3 is 2.42 bits per heavy atom. The van der Waals surface area contributed by atoms with Crippen molar-refractivity contribution >= 4 is 17.7 Å². The second-order valence-electron chi connectivity index (χ2n) is 11.7. The van der Waals surface area contributed by atoms with Gasteiger partial charge in [-0.25, -0.2) is 8.78 Å². The van der Waals surface area contributed by atoms with Crippen LogP contribution in [-0.4, -0.2) is 64.7 Å². The van der Waals surface area contributed by atoms with E-state index in [0.717, 1.165) is 6.07 Å². The lowest BCUT2D eigenvalue weighted by Crippen LogP contribution is -2.59. The molecule has 2 heterocycles. The summed E-state index contributed by atoms with van der Waals surface area (Å²) in [5.74, 6) is -3.59. The van der Waals surface area contributed by atoms with Gasteiger partial charge in [0.1, 0.15) is 18.7 Å². The number of benzene rings is 2. The summed E-state index contributed by atoms with van der Waals surface area (Å²) in [7, 11) is 0. The maximum Gasteiger partial charge on any atom is 0.244 e. The molecule has 242 valence electrons. The smallest absolute Gasteiger partial charge is 0.244 e. The zero-order chi connectivity index (χ0) is 32.5. The molecule has 12 heteroatoms. The van der Waals surface area contributed by atoms with Gasteiger partial charge in [-0.3, -0.25) is 19.7 Å². The molecule has 10 nitrogen and oxygen atoms in total. The maximum atomic E-state index is 14.9. The molecule has 0 radical (unpaired) electrons. The number of fused-ring (bicyclic) bond motifs is 1. The van der Waals surface area contributed by atoms with Gasteiger partial charge in [0.2, 0.25) is 17.7 Å². The molecule has 0 saturated carbocycles. The largest absolute Gasteiger partial charge is 0.505 e. The maximum absolute atomic E-state index is 14.9. The van der Waals surface area contributed by atoms with Crippen LogP contribution in [0, 0.1) is 17.6 Å². The third kappa shape index (κ3) is 9.27. The number of aryl methyl sites for hydroxylation is 1. The highest BCUT2D eigenvalue weighted by atomic mass is 19.1. The molecule has 0 bridgehead atoms. The summed E-state index contributed by atoms with van der Waals surface area (Å²) in [6.07, 6.45) is 4.50. The number of phenolic OH excluding ortho intramolecular Hbond substituents is 1. The standard InChI is InChI=1S/C33H41F2N5O5/c1-20(2)29-33(44)38-27(18-40-14-4-5-15-40)31(42)36-13-7-9-23-8-6-10-24(34)30(23)45-19-21(3)37-26(32(43)39-29)17-22-11-12-28(41)25(35)16-22/h4-6,8,10-12,14-16,20-21,26-27,29,37,41H,7,9,13,17-19H2,1-3H3,(H,36,42)(H,38,44)(H,39,43)/t21-,26+,27-,29+/m0/s1. The molecule has 1 aliphatic heterocycles. The summed E-state index contributed by atoms with van der Waals surface area (Å²) >= 11 is 0. The highest BCUT2D eigenvalue weighted by molar-refractivity contribution is 5.93. The molecule has 2 aromatic carbocycles. The van der Waals surface area contributed by atoms with Crippen molar-refractivity contribution in [1.82, 2.24) is 25.8 Å². The highest BCUT2D eigenvalue weighted by Gasteiger charge is 2.32. The molecule has 1 aromatic heterocycles. The zero-order valence-electron chi connectivity index (χ0n) is 25.7. The number of ether oxygens (including phenoxy) is 1. The number of carbonyl (C=O) groups is 3. The molecule has 45 heavy (non-hydrogen) atoms. The number of hydrogen-bond donors (Lipinski definition) is 5. The summed E-state index contributed by atoms with van der Waals surface area (Å²) in [6, 6.07) is 8.76. The minimum absolute atomic E-state index is 0.00750. The fourth-order valence-corrected chi connectivity index (χ4v) is 5.21. The first-order valence-corrected chi connectivity index (χ1v) is 15.1. The van der Waals surface area contributed by atoms with E-state index in [9.17, 15) is 28.3 Å². The molecule has 0 unspecified atom stereocenters. The molecule has 3 amide bonds. The topological polar surface area (TPSA) is 134 Å². The van der Waals surface area contributed by atoms with E-state index >= 15 is 0 Å². The third-order valence-electron chi connectivity index (χ3n) is 7.64. The summed E-state index contributed by atoms with van der Waals surface area (Å²) in [4.78, 5) is 40.6. The molecule has 0 spiro atoms. The van der Waals surface area contributed by atoms with Crippen LogP contribution < -0.4 is 26.0 Å². The van der Waals surface area contributed by atoms with Gasteiger partial charge in [0.15, 0.2) is 23.1 Å². The second-order valence-corrected chi connectivity index (χ2v) is 11.7. The lowest BCUT2D eigenvalue weighted by Gasteiger charge is -2.29. The first-order chi connectivity index (χ1) is 21.5. The Morgan fingerprint density at radius 1 is 0.956 bits per heavy atom. The number of aromatic nitrogens is 1. The monoisotopic (exact) mass is 625 g/mol. The van der Waals surface area contributed by atoms with E-state index in [0.29, 0.717) is 24.0 Å². The predicted molar refractivity (Wildman–Crippen MR) is 165 cm³/mol. The summed E-state index contributed by atoms with van der Waals surface area (Å²) in [5, 5.41) is 21.3. The van der Waals surface area contributed by atoms with Crippen molar-refractivity contribution in [3.63, 3.8) is 0 Å². The number of halogens is 2. The molecule has 4 rings (SSSR count). The highest BCUT2D eigenvalue weighted by Crippen LogP contribution is 2.24. The van der Waals surface area contributed by atoms with E-state index in [-0.39, 0.29) is 37.8 Å². The number of rotatable bonds is 5. The van der Waals surface area contributed by atoms with Crippen molar-refractivity contribution in [1.29, 1.82) is 0 Å². The Hall–Kier alpha value is -4.45. The number of para-hydroxylation sites is 1. The van der Waals surface area contributed by atoms with Gasteiger partial charge >= 0.3 is 0 Å².